The summed E-state index contributed by atoms with van der Waals surface area (Å²) in [5, 5.41) is 4.74. The van der Waals surface area contributed by atoms with Crippen LogP contribution in [0.3, 0.4) is 0 Å². The summed E-state index contributed by atoms with van der Waals surface area (Å²) in [6.07, 6.45) is 2.65. The molecule has 2 amide bonds. The Morgan fingerprint density at radius 3 is 2.34 bits per heavy atom. The van der Waals surface area contributed by atoms with Gasteiger partial charge in [0.05, 0.1) is 13.2 Å². The zero-order valence-corrected chi connectivity index (χ0v) is 22.2. The smallest absolute Gasteiger partial charge is 0.467 e. The van der Waals surface area contributed by atoms with Crippen LogP contribution < -0.4 is 10.6 Å². The van der Waals surface area contributed by atoms with E-state index in [4.69, 9.17) is 4.74 Å². The van der Waals surface area contributed by atoms with Crippen LogP contribution in [0.4, 0.5) is 13.2 Å². The monoisotopic (exact) mass is 534 g/mol. The Morgan fingerprint density at radius 2 is 1.80 bits per heavy atom. The molecule has 2 atom stereocenters. The first-order valence-corrected chi connectivity index (χ1v) is 13.8. The summed E-state index contributed by atoms with van der Waals surface area (Å²) in [6.45, 7) is 3.90. The number of ether oxygens (including phenoxy) is 1. The van der Waals surface area contributed by atoms with E-state index in [0.29, 0.717) is 24.2 Å². The first-order chi connectivity index (χ1) is 16.4. The van der Waals surface area contributed by atoms with Crippen LogP contribution in [0.15, 0.2) is 30.4 Å². The summed E-state index contributed by atoms with van der Waals surface area (Å²) in [7, 11) is 1.27. The molecule has 0 heterocycles. The highest BCUT2D eigenvalue weighted by molar-refractivity contribution is 7.98. The van der Waals surface area contributed by atoms with Gasteiger partial charge in [0.1, 0.15) is 6.04 Å². The van der Waals surface area contributed by atoms with Gasteiger partial charge in [-0.15, -0.1) is 0 Å². The molecule has 1 aromatic rings. The van der Waals surface area contributed by atoms with E-state index in [0.717, 1.165) is 11.1 Å². The molecule has 0 aromatic heterocycles. The average Bonchev–Trinajstić information content (AvgIpc) is 2.80. The predicted octanol–water partition coefficient (Wildman–Crippen LogP) is 4.34. The van der Waals surface area contributed by atoms with Crippen molar-refractivity contribution in [1.29, 1.82) is 0 Å². The zero-order valence-electron chi connectivity index (χ0n) is 20.5. The van der Waals surface area contributed by atoms with Crippen LogP contribution >= 0.6 is 23.5 Å². The zero-order chi connectivity index (χ0) is 26.6. The molecule has 11 heteroatoms. The molecule has 0 spiro atoms. The van der Waals surface area contributed by atoms with Crippen LogP contribution in [0.5, 0.6) is 0 Å². The van der Waals surface area contributed by atoms with Gasteiger partial charge in [-0.2, -0.15) is 36.7 Å². The number of hydrogen-bond acceptors (Lipinski definition) is 6. The number of halogens is 3. The first-order valence-electron chi connectivity index (χ1n) is 11.0. The average molecular weight is 535 g/mol. The number of allylic oxidation sites excluding steroid dienone is 1. The van der Waals surface area contributed by atoms with Crippen molar-refractivity contribution in [3.8, 4) is 0 Å². The van der Waals surface area contributed by atoms with Gasteiger partial charge in [0.25, 0.3) is 5.91 Å². The molecule has 0 aliphatic heterocycles. The van der Waals surface area contributed by atoms with Crippen molar-refractivity contribution < 1.29 is 32.3 Å². The lowest BCUT2D eigenvalue weighted by Gasteiger charge is -2.19. The maximum Gasteiger partial charge on any atom is 0.471 e. The van der Waals surface area contributed by atoms with Crippen molar-refractivity contribution in [3.05, 3.63) is 47.0 Å². The van der Waals surface area contributed by atoms with Crippen molar-refractivity contribution in [1.82, 2.24) is 10.6 Å². The molecule has 0 aliphatic carbocycles. The Kier molecular flexibility index (Phi) is 13.3. The van der Waals surface area contributed by atoms with Crippen LogP contribution in [0.25, 0.3) is 0 Å². The van der Waals surface area contributed by atoms with Gasteiger partial charge in [0, 0.05) is 11.3 Å². The summed E-state index contributed by atoms with van der Waals surface area (Å²) >= 11 is 2.86. The van der Waals surface area contributed by atoms with Gasteiger partial charge in [0.15, 0.2) is 0 Å². The van der Waals surface area contributed by atoms with Crippen LogP contribution in [0.1, 0.15) is 47.7 Å². The molecule has 0 saturated heterocycles. The normalized spacial score (nSPS) is 13.5. The number of carbonyl (C=O) groups is 3. The molecule has 0 unspecified atom stereocenters. The molecule has 2 N–H and O–H groups in total. The molecule has 0 radical (unpaired) electrons. The van der Waals surface area contributed by atoms with E-state index >= 15 is 0 Å². The molecular weight excluding hydrogens is 501 g/mol. The van der Waals surface area contributed by atoms with Gasteiger partial charge in [-0.25, -0.2) is 4.79 Å². The Morgan fingerprint density at radius 1 is 1.11 bits per heavy atom. The van der Waals surface area contributed by atoms with Gasteiger partial charge >= 0.3 is 18.1 Å². The van der Waals surface area contributed by atoms with Crippen molar-refractivity contribution in [3.63, 3.8) is 0 Å². The molecule has 1 aromatic carbocycles. The highest BCUT2D eigenvalue weighted by atomic mass is 32.2. The van der Waals surface area contributed by atoms with Crippen molar-refractivity contribution in [2.75, 3.05) is 31.1 Å². The standard InChI is InChI=1S/C24H33F3N2O4S2/c1-15(2)18-10-9-16(7-6-8-17(14-35-5)28-23(32)24(25,26)27)13-19(18)21(30)29-20(11-12-34-4)22(31)33-3/h6,8-10,13,15,17,20H,7,11-12,14H2,1-5H3,(H,28,32)(H,29,30)/b8-6+/t17-,20+/m1/s1. The van der Waals surface area contributed by atoms with Crippen LogP contribution in [-0.4, -0.2) is 67.2 Å². The molecule has 35 heavy (non-hydrogen) atoms. The van der Waals surface area contributed by atoms with E-state index in [1.54, 1.807) is 30.2 Å². The van der Waals surface area contributed by atoms with Gasteiger partial charge in [-0.3, -0.25) is 9.59 Å². The lowest BCUT2D eigenvalue weighted by Crippen LogP contribution is -2.43. The summed E-state index contributed by atoms with van der Waals surface area (Å²) in [5.74, 6) is -1.89. The van der Waals surface area contributed by atoms with E-state index in [-0.39, 0.29) is 11.7 Å². The maximum atomic E-state index is 13.1. The number of thioether (sulfide) groups is 2. The van der Waals surface area contributed by atoms with Gasteiger partial charge in [-0.05, 0) is 54.2 Å². The first kappa shape index (κ1) is 30.9. The number of amides is 2. The Balaban J connectivity index is 3.07. The molecule has 0 fully saturated rings. The number of benzene rings is 1. The SMILES string of the molecule is COC(=O)[C@H](CCSC)NC(=O)c1cc(C/C=C/[C@H](CSC)NC(=O)C(F)(F)F)ccc1C(C)C. The quantitative estimate of drug-likeness (QED) is 0.289. The van der Waals surface area contributed by atoms with Gasteiger partial charge in [-0.1, -0.05) is 38.1 Å². The van der Waals surface area contributed by atoms with E-state index in [2.05, 4.69) is 5.32 Å². The summed E-state index contributed by atoms with van der Waals surface area (Å²) in [4.78, 5) is 36.5. The number of carbonyl (C=O) groups excluding carboxylic acids is 3. The van der Waals surface area contributed by atoms with Crippen molar-refractivity contribution >= 4 is 41.3 Å². The fourth-order valence-electron chi connectivity index (χ4n) is 3.24. The van der Waals surface area contributed by atoms with E-state index < -0.39 is 36.0 Å². The number of rotatable bonds is 13. The summed E-state index contributed by atoms with van der Waals surface area (Å²) < 4.78 is 42.6. The molecule has 0 saturated carbocycles. The van der Waals surface area contributed by atoms with E-state index in [1.165, 1.54) is 24.9 Å². The number of methoxy groups -OCH3 is 1. The molecule has 6 nitrogen and oxygen atoms in total. The Bertz CT molecular complexity index is 892. The van der Waals surface area contributed by atoms with Crippen molar-refractivity contribution in [2.45, 2.75) is 50.9 Å². The summed E-state index contributed by atoms with van der Waals surface area (Å²) in [5.41, 5.74) is 2.00. The minimum absolute atomic E-state index is 0.0478. The Hall–Kier alpha value is -2.14. The van der Waals surface area contributed by atoms with E-state index in [1.807, 2.05) is 37.6 Å². The third-order valence-corrected chi connectivity index (χ3v) is 6.36. The molecule has 0 aliphatic rings. The highest BCUT2D eigenvalue weighted by Gasteiger charge is 2.39. The second-order valence-electron chi connectivity index (χ2n) is 8.07. The highest BCUT2D eigenvalue weighted by Crippen LogP contribution is 2.22. The minimum atomic E-state index is -4.95. The predicted molar refractivity (Wildman–Crippen MR) is 136 cm³/mol. The molecule has 196 valence electrons. The van der Waals surface area contributed by atoms with Gasteiger partial charge in [0.2, 0.25) is 0 Å². The molecular formula is C24H33F3N2O4S2. The summed E-state index contributed by atoms with van der Waals surface area (Å²) in [6, 6.07) is 3.85. The number of alkyl halides is 3. The second-order valence-corrected chi connectivity index (χ2v) is 9.97. The van der Waals surface area contributed by atoms with Crippen LogP contribution in [0, 0.1) is 0 Å². The molecule has 1 rings (SSSR count). The number of hydrogen-bond donors (Lipinski definition) is 2. The van der Waals surface area contributed by atoms with Gasteiger partial charge < -0.3 is 15.4 Å². The van der Waals surface area contributed by atoms with Crippen LogP contribution in [0.2, 0.25) is 0 Å². The maximum absolute atomic E-state index is 13.1. The Labute approximate surface area is 213 Å². The lowest BCUT2D eigenvalue weighted by atomic mass is 9.93. The second kappa shape index (κ2) is 15.1. The lowest BCUT2D eigenvalue weighted by molar-refractivity contribution is -0.173. The topological polar surface area (TPSA) is 84.5 Å². The number of nitrogens with one attached hydrogen (secondary N) is 2. The third kappa shape index (κ3) is 10.6. The number of esters is 1. The molecule has 0 bridgehead atoms. The largest absolute Gasteiger partial charge is 0.471 e. The fourth-order valence-corrected chi connectivity index (χ4v) is 4.26. The van der Waals surface area contributed by atoms with E-state index in [9.17, 15) is 27.6 Å². The van der Waals surface area contributed by atoms with Crippen LogP contribution in [-0.2, 0) is 20.7 Å². The third-order valence-electron chi connectivity index (χ3n) is 5.03. The van der Waals surface area contributed by atoms with Crippen molar-refractivity contribution in [2.24, 2.45) is 0 Å². The minimum Gasteiger partial charge on any atom is -0.467 e. The fraction of sp³-hybridized carbons (Fsp3) is 0.542.